The van der Waals surface area contributed by atoms with Gasteiger partial charge in [0, 0.05) is 30.2 Å². The topological polar surface area (TPSA) is 65.9 Å². The molecule has 1 atom stereocenters. The van der Waals surface area contributed by atoms with E-state index in [2.05, 4.69) is 58.1 Å². The molecule has 3 fully saturated rings. The predicted molar refractivity (Wildman–Crippen MR) is 126 cm³/mol. The number of hydrogen-bond acceptors (Lipinski definition) is 5. The Labute approximate surface area is 191 Å². The maximum atomic E-state index is 8.36. The van der Waals surface area contributed by atoms with E-state index in [0.717, 1.165) is 17.5 Å². The molecule has 0 amide bonds. The van der Waals surface area contributed by atoms with E-state index in [1.54, 1.807) is 7.11 Å². The normalized spacial score (nSPS) is 22.7. The summed E-state index contributed by atoms with van der Waals surface area (Å²) in [6, 6.07) is 13.7. The first-order chi connectivity index (χ1) is 15.6. The average Bonchev–Trinajstić information content (AvgIpc) is 3.25. The van der Waals surface area contributed by atoms with Gasteiger partial charge in [-0.25, -0.2) is 0 Å². The molecule has 0 bridgehead atoms. The highest BCUT2D eigenvalue weighted by atomic mass is 16.5. The summed E-state index contributed by atoms with van der Waals surface area (Å²) in [5, 5.41) is 6.89. The number of benzene rings is 1. The summed E-state index contributed by atoms with van der Waals surface area (Å²) in [6.45, 7) is 6.70. The molecule has 3 heterocycles. The van der Waals surface area contributed by atoms with Gasteiger partial charge in [-0.05, 0) is 81.8 Å². The number of aryl methyl sites for hydroxylation is 1. The number of nitrogens with zero attached hydrogens (tertiary/aromatic N) is 3. The Kier molecular flexibility index (Phi) is 6.99. The van der Waals surface area contributed by atoms with Gasteiger partial charge in [0.15, 0.2) is 0 Å². The van der Waals surface area contributed by atoms with Gasteiger partial charge in [0.1, 0.15) is 5.75 Å². The second-order valence-electron chi connectivity index (χ2n) is 9.57. The number of carboxylic acid groups (broad SMARTS) is 1. The lowest BCUT2D eigenvalue weighted by atomic mass is 9.77. The van der Waals surface area contributed by atoms with Gasteiger partial charge in [0.05, 0.1) is 19.0 Å². The van der Waals surface area contributed by atoms with Crippen LogP contribution >= 0.6 is 0 Å². The lowest BCUT2D eigenvalue weighted by Gasteiger charge is -2.50. The van der Waals surface area contributed by atoms with Crippen molar-refractivity contribution < 1.29 is 14.6 Å². The number of para-hydroxylation sites is 1. The van der Waals surface area contributed by atoms with Crippen LogP contribution in [0.4, 0.5) is 5.69 Å². The predicted octanol–water partition coefficient (Wildman–Crippen LogP) is 4.34. The number of methoxy groups -OCH3 is 1. The Hall–Kier alpha value is -2.60. The van der Waals surface area contributed by atoms with Crippen LogP contribution < -0.4 is 9.64 Å². The van der Waals surface area contributed by atoms with Crippen molar-refractivity contribution in [1.82, 2.24) is 9.88 Å². The highest BCUT2D eigenvalue weighted by Gasteiger charge is 2.49. The van der Waals surface area contributed by atoms with Crippen LogP contribution in [0.5, 0.6) is 5.75 Å². The molecule has 172 valence electrons. The minimum Gasteiger partial charge on any atom is -0.496 e. The van der Waals surface area contributed by atoms with Gasteiger partial charge in [-0.2, -0.15) is 0 Å². The van der Waals surface area contributed by atoms with E-state index in [0.29, 0.717) is 11.3 Å². The molecule has 1 aliphatic carbocycles. The first-order valence-corrected chi connectivity index (χ1v) is 11.7. The van der Waals surface area contributed by atoms with E-state index in [-0.39, 0.29) is 6.47 Å². The van der Waals surface area contributed by atoms with Crippen LogP contribution in [0.1, 0.15) is 49.3 Å². The summed E-state index contributed by atoms with van der Waals surface area (Å²) >= 11 is 0. The van der Waals surface area contributed by atoms with Crippen LogP contribution in [-0.2, 0) is 4.79 Å². The Bertz CT molecular complexity index is 887. The van der Waals surface area contributed by atoms with Gasteiger partial charge < -0.3 is 19.6 Å². The number of carbonyl (C=O) groups is 1. The summed E-state index contributed by atoms with van der Waals surface area (Å²) in [7, 11) is 1.79. The summed E-state index contributed by atoms with van der Waals surface area (Å²) in [6.07, 6.45) is 8.69. The number of likely N-dealkylation sites (tertiary alicyclic amines) is 1. The van der Waals surface area contributed by atoms with Crippen LogP contribution in [0, 0.1) is 12.3 Å². The van der Waals surface area contributed by atoms with Gasteiger partial charge in [0.2, 0.25) is 0 Å². The Morgan fingerprint density at radius 1 is 1.12 bits per heavy atom. The number of ether oxygens (including phenoxy) is 1. The molecule has 1 aromatic heterocycles. The molecule has 6 nitrogen and oxygen atoms in total. The van der Waals surface area contributed by atoms with Crippen LogP contribution in [0.15, 0.2) is 42.6 Å². The van der Waals surface area contributed by atoms with Crippen molar-refractivity contribution in [2.24, 2.45) is 5.41 Å². The van der Waals surface area contributed by atoms with Crippen LogP contribution in [0.25, 0.3) is 0 Å². The van der Waals surface area contributed by atoms with Gasteiger partial charge in [0.25, 0.3) is 6.47 Å². The molecular weight excluding hydrogens is 402 g/mol. The summed E-state index contributed by atoms with van der Waals surface area (Å²) in [5.41, 5.74) is 4.34. The van der Waals surface area contributed by atoms with Crippen molar-refractivity contribution in [2.45, 2.75) is 51.0 Å². The Morgan fingerprint density at radius 3 is 2.50 bits per heavy atom. The quantitative estimate of drug-likeness (QED) is 0.718. The number of rotatable bonds is 4. The fourth-order valence-corrected chi connectivity index (χ4v) is 5.95. The van der Waals surface area contributed by atoms with E-state index >= 15 is 0 Å². The van der Waals surface area contributed by atoms with Crippen LogP contribution in [-0.4, -0.2) is 60.8 Å². The molecule has 2 saturated heterocycles. The molecule has 2 aromatic rings. The third-order valence-electron chi connectivity index (χ3n) is 7.61. The molecule has 1 spiro atoms. The van der Waals surface area contributed by atoms with Crippen LogP contribution in [0.2, 0.25) is 0 Å². The maximum absolute atomic E-state index is 8.36. The zero-order valence-corrected chi connectivity index (χ0v) is 19.2. The molecule has 5 rings (SSSR count). The average molecular weight is 438 g/mol. The molecule has 2 aliphatic heterocycles. The fourth-order valence-electron chi connectivity index (χ4n) is 5.95. The molecule has 1 N–H and O–H groups in total. The molecule has 0 radical (unpaired) electrons. The van der Waals surface area contributed by atoms with Crippen molar-refractivity contribution in [3.8, 4) is 5.75 Å². The number of piperidine rings is 1. The number of aromatic nitrogens is 1. The zero-order chi connectivity index (χ0) is 22.6. The van der Waals surface area contributed by atoms with Crippen molar-refractivity contribution in [3.05, 3.63) is 53.9 Å². The Balaban J connectivity index is 0.000000775. The monoisotopic (exact) mass is 437 g/mol. The highest BCUT2D eigenvalue weighted by molar-refractivity contribution is 5.48. The number of pyridine rings is 1. The highest BCUT2D eigenvalue weighted by Crippen LogP contribution is 2.49. The van der Waals surface area contributed by atoms with Gasteiger partial charge in [-0.1, -0.05) is 18.2 Å². The maximum Gasteiger partial charge on any atom is 0.290 e. The molecule has 6 heteroatoms. The first kappa shape index (κ1) is 22.6. The molecule has 32 heavy (non-hydrogen) atoms. The molecule has 1 saturated carbocycles. The van der Waals surface area contributed by atoms with Gasteiger partial charge in [-0.3, -0.25) is 9.78 Å². The minimum absolute atomic E-state index is 0.250. The lowest BCUT2D eigenvalue weighted by Crippen LogP contribution is -2.56. The third kappa shape index (κ3) is 4.75. The number of anilines is 1. The number of hydrogen-bond donors (Lipinski definition) is 1. The van der Waals surface area contributed by atoms with E-state index in [4.69, 9.17) is 14.6 Å². The zero-order valence-electron chi connectivity index (χ0n) is 19.2. The second kappa shape index (κ2) is 9.90. The van der Waals surface area contributed by atoms with E-state index in [1.807, 2.05) is 6.20 Å². The summed E-state index contributed by atoms with van der Waals surface area (Å²) < 4.78 is 5.60. The Morgan fingerprint density at radius 2 is 1.84 bits per heavy atom. The van der Waals surface area contributed by atoms with E-state index < -0.39 is 0 Å². The van der Waals surface area contributed by atoms with Crippen molar-refractivity contribution in [3.63, 3.8) is 0 Å². The first-order valence-electron chi connectivity index (χ1n) is 11.7. The van der Waals surface area contributed by atoms with Crippen LogP contribution in [0.3, 0.4) is 0 Å². The molecule has 1 aromatic carbocycles. The largest absolute Gasteiger partial charge is 0.496 e. The SMILES string of the molecule is COc1ccccc1C1CCN(C2CCC3(C2)CN(c2ccc(C)nc2)C3)CC1.O=CO. The third-order valence-corrected chi connectivity index (χ3v) is 7.61. The molecule has 3 aliphatic rings. The van der Waals surface area contributed by atoms with Crippen molar-refractivity contribution in [1.29, 1.82) is 0 Å². The fraction of sp³-hybridized carbons (Fsp3) is 0.538. The summed E-state index contributed by atoms with van der Waals surface area (Å²) in [5.74, 6) is 1.71. The lowest BCUT2D eigenvalue weighted by molar-refractivity contribution is -0.122. The second-order valence-corrected chi connectivity index (χ2v) is 9.57. The van der Waals surface area contributed by atoms with Crippen molar-refractivity contribution in [2.75, 3.05) is 38.2 Å². The smallest absolute Gasteiger partial charge is 0.290 e. The van der Waals surface area contributed by atoms with E-state index in [1.165, 1.54) is 69.5 Å². The van der Waals surface area contributed by atoms with Gasteiger partial charge >= 0.3 is 0 Å². The van der Waals surface area contributed by atoms with E-state index in [9.17, 15) is 0 Å². The molecular formula is C26H35N3O3. The van der Waals surface area contributed by atoms with Gasteiger partial charge in [-0.15, -0.1) is 0 Å². The van der Waals surface area contributed by atoms with Crippen molar-refractivity contribution >= 4 is 12.2 Å². The summed E-state index contributed by atoms with van der Waals surface area (Å²) in [4.78, 5) is 18.1. The standard InChI is InChI=1S/C25H33N3O.CH2O2/c1-19-7-8-22(16-26-19)28-17-25(18-28)12-9-21(15-25)27-13-10-20(11-14-27)23-5-3-4-6-24(23)29-2;2-1-3/h3-8,16,20-21H,9-15,17-18H2,1-2H3;1H,(H,2,3). The molecule has 1 unspecified atom stereocenters. The minimum atomic E-state index is -0.250.